The molecule has 0 spiro atoms. The van der Waals surface area contributed by atoms with Crippen LogP contribution in [0.2, 0.25) is 0 Å². The zero-order valence-corrected chi connectivity index (χ0v) is 17.8. The highest BCUT2D eigenvalue weighted by Gasteiger charge is 2.13. The molecule has 0 atom stereocenters. The molecule has 0 aliphatic rings. The molecule has 0 aromatic carbocycles. The number of nitrogens with zero attached hydrogens (tertiary/aromatic N) is 3. The minimum Gasteiger partial charge on any atom is -0.368 e. The second-order valence-electron chi connectivity index (χ2n) is 5.06. The third-order valence-corrected chi connectivity index (χ3v) is 5.05. The van der Waals surface area contributed by atoms with Gasteiger partial charge in [-0.1, -0.05) is 36.4 Å². The molecule has 7 heteroatoms. The number of rotatable bonds is 4. The van der Waals surface area contributed by atoms with Crippen LogP contribution in [0.15, 0.2) is 21.9 Å². The van der Waals surface area contributed by atoms with Crippen LogP contribution in [0.4, 0.5) is 11.8 Å². The minimum atomic E-state index is 0.203. The van der Waals surface area contributed by atoms with E-state index in [2.05, 4.69) is 58.7 Å². The van der Waals surface area contributed by atoms with E-state index in [1.807, 2.05) is 40.8 Å². The lowest BCUT2D eigenvalue weighted by molar-refractivity contribution is 0.982. The molecule has 0 saturated carbocycles. The van der Waals surface area contributed by atoms with Gasteiger partial charge in [0.1, 0.15) is 10.4 Å². The van der Waals surface area contributed by atoms with Crippen molar-refractivity contribution in [3.8, 4) is 0 Å². The van der Waals surface area contributed by atoms with Crippen molar-refractivity contribution in [1.29, 1.82) is 0 Å². The number of nitrogens with two attached hydrogens (primary N) is 1. The van der Waals surface area contributed by atoms with Crippen LogP contribution in [0.3, 0.4) is 0 Å². The van der Waals surface area contributed by atoms with E-state index in [4.69, 9.17) is 5.73 Å². The molecule has 0 fully saturated rings. The molecule has 2 aromatic heterocycles. The first-order valence-electron chi connectivity index (χ1n) is 7.64. The Kier molecular flexibility index (Phi) is 7.83. The van der Waals surface area contributed by atoms with E-state index < -0.39 is 0 Å². The van der Waals surface area contributed by atoms with E-state index in [9.17, 15) is 0 Å². The molecule has 0 bridgehead atoms. The Balaban J connectivity index is 0.00000139. The number of hydrogen-bond donors (Lipinski definition) is 2. The molecule has 0 radical (unpaired) electrons. The summed E-state index contributed by atoms with van der Waals surface area (Å²) in [6.45, 7) is 14.4. The maximum absolute atomic E-state index is 5.73. The standard InChI is InChI=1S/C15H17Br2N5.C2H6/c1-7(2)11-13(17)21-15(18)22-14(11)20-6-10-9(4)12(16)8(3)5-19-10;1-2/h5H,1,6H2,2-4H3,(H3,18,20,21,22);1-2H3. The molecule has 3 N–H and O–H groups in total. The number of allylic oxidation sites excluding steroid dienone is 1. The van der Waals surface area contributed by atoms with Gasteiger partial charge in [0.2, 0.25) is 5.95 Å². The number of pyridine rings is 1. The topological polar surface area (TPSA) is 76.7 Å². The van der Waals surface area contributed by atoms with Crippen LogP contribution < -0.4 is 11.1 Å². The summed E-state index contributed by atoms with van der Waals surface area (Å²) >= 11 is 6.99. The van der Waals surface area contributed by atoms with Crippen LogP contribution in [-0.4, -0.2) is 15.0 Å². The van der Waals surface area contributed by atoms with Gasteiger partial charge in [-0.2, -0.15) is 4.98 Å². The summed E-state index contributed by atoms with van der Waals surface area (Å²) in [6, 6.07) is 0. The predicted octanol–water partition coefficient (Wildman–Crippen LogP) is 5.27. The van der Waals surface area contributed by atoms with Gasteiger partial charge in [-0.05, 0) is 53.4 Å². The van der Waals surface area contributed by atoms with Crippen molar-refractivity contribution >= 4 is 49.2 Å². The third kappa shape index (κ3) is 4.77. The molecule has 5 nitrogen and oxygen atoms in total. The molecule has 0 unspecified atom stereocenters. The summed E-state index contributed by atoms with van der Waals surface area (Å²) in [4.78, 5) is 12.9. The van der Waals surface area contributed by atoms with Gasteiger partial charge in [0.25, 0.3) is 0 Å². The Labute approximate surface area is 160 Å². The maximum Gasteiger partial charge on any atom is 0.223 e. The molecule has 0 saturated heterocycles. The Morgan fingerprint density at radius 1 is 1.25 bits per heavy atom. The normalized spacial score (nSPS) is 9.96. The molecule has 0 aliphatic carbocycles. The minimum absolute atomic E-state index is 0.203. The quantitative estimate of drug-likeness (QED) is 0.613. The Bertz CT molecular complexity index is 744. The lowest BCUT2D eigenvalue weighted by atomic mass is 10.1. The van der Waals surface area contributed by atoms with Gasteiger partial charge in [0.05, 0.1) is 17.8 Å². The summed E-state index contributed by atoms with van der Waals surface area (Å²) in [6.07, 6.45) is 1.85. The highest BCUT2D eigenvalue weighted by Crippen LogP contribution is 2.29. The van der Waals surface area contributed by atoms with Crippen molar-refractivity contribution in [2.45, 2.75) is 41.2 Å². The van der Waals surface area contributed by atoms with Crippen molar-refractivity contribution in [3.63, 3.8) is 0 Å². The van der Waals surface area contributed by atoms with Crippen molar-refractivity contribution < 1.29 is 0 Å². The molecule has 2 rings (SSSR count). The molecular formula is C17H23Br2N5. The number of aryl methyl sites for hydroxylation is 1. The molecule has 2 aromatic rings. The average Bonchev–Trinajstić information content (AvgIpc) is 2.53. The smallest absolute Gasteiger partial charge is 0.223 e. The first-order chi connectivity index (χ1) is 11.3. The number of anilines is 2. The Hall–Kier alpha value is -1.47. The molecule has 0 amide bonds. The first kappa shape index (κ1) is 20.6. The van der Waals surface area contributed by atoms with Gasteiger partial charge < -0.3 is 11.1 Å². The Morgan fingerprint density at radius 2 is 1.88 bits per heavy atom. The van der Waals surface area contributed by atoms with Crippen molar-refractivity contribution in [2.75, 3.05) is 11.1 Å². The number of hydrogen-bond acceptors (Lipinski definition) is 5. The van der Waals surface area contributed by atoms with E-state index in [0.717, 1.165) is 32.4 Å². The average molecular weight is 457 g/mol. The van der Waals surface area contributed by atoms with Crippen LogP contribution in [0, 0.1) is 13.8 Å². The Morgan fingerprint density at radius 3 is 2.46 bits per heavy atom. The second-order valence-corrected chi connectivity index (χ2v) is 6.60. The molecule has 0 aliphatic heterocycles. The highest BCUT2D eigenvalue weighted by molar-refractivity contribution is 9.10. The van der Waals surface area contributed by atoms with Gasteiger partial charge >= 0.3 is 0 Å². The maximum atomic E-state index is 5.73. The van der Waals surface area contributed by atoms with Crippen LogP contribution in [0.25, 0.3) is 5.57 Å². The predicted molar refractivity (Wildman–Crippen MR) is 109 cm³/mol. The number of halogens is 2. The van der Waals surface area contributed by atoms with E-state index in [-0.39, 0.29) is 5.95 Å². The lowest BCUT2D eigenvalue weighted by Gasteiger charge is -2.14. The summed E-state index contributed by atoms with van der Waals surface area (Å²) in [5.74, 6) is 0.846. The molecular weight excluding hydrogens is 434 g/mol. The van der Waals surface area contributed by atoms with Crippen LogP contribution in [-0.2, 0) is 6.54 Å². The number of nitrogens with one attached hydrogen (secondary N) is 1. The molecule has 130 valence electrons. The number of nitrogen functional groups attached to an aromatic ring is 1. The fourth-order valence-corrected chi connectivity index (χ4v) is 3.09. The summed E-state index contributed by atoms with van der Waals surface area (Å²) in [5.41, 5.74) is 10.5. The van der Waals surface area contributed by atoms with Crippen molar-refractivity contribution in [2.24, 2.45) is 0 Å². The summed E-state index contributed by atoms with van der Waals surface area (Å²) in [5, 5.41) is 3.27. The number of aromatic nitrogens is 3. The SMILES string of the molecule is C=C(C)c1c(Br)nc(N)nc1NCc1ncc(C)c(Br)c1C.CC. The van der Waals surface area contributed by atoms with Crippen molar-refractivity contribution in [3.05, 3.63) is 44.2 Å². The summed E-state index contributed by atoms with van der Waals surface area (Å²) < 4.78 is 1.70. The van der Waals surface area contributed by atoms with Gasteiger partial charge in [-0.3, -0.25) is 4.98 Å². The zero-order chi connectivity index (χ0) is 18.4. The zero-order valence-electron chi connectivity index (χ0n) is 14.7. The van der Waals surface area contributed by atoms with Crippen LogP contribution in [0.1, 0.15) is 43.2 Å². The van der Waals surface area contributed by atoms with Crippen molar-refractivity contribution in [1.82, 2.24) is 15.0 Å². The summed E-state index contributed by atoms with van der Waals surface area (Å²) in [7, 11) is 0. The van der Waals surface area contributed by atoms with Gasteiger partial charge in [0.15, 0.2) is 0 Å². The van der Waals surface area contributed by atoms with E-state index >= 15 is 0 Å². The van der Waals surface area contributed by atoms with E-state index in [1.54, 1.807) is 0 Å². The largest absolute Gasteiger partial charge is 0.368 e. The van der Waals surface area contributed by atoms with Crippen LogP contribution in [0.5, 0.6) is 0 Å². The first-order valence-corrected chi connectivity index (χ1v) is 9.23. The van der Waals surface area contributed by atoms with Gasteiger partial charge in [-0.25, -0.2) is 4.98 Å². The molecule has 2 heterocycles. The van der Waals surface area contributed by atoms with E-state index in [1.165, 1.54) is 0 Å². The van der Waals surface area contributed by atoms with Crippen LogP contribution >= 0.6 is 31.9 Å². The molecule has 24 heavy (non-hydrogen) atoms. The van der Waals surface area contributed by atoms with E-state index in [0.29, 0.717) is 17.0 Å². The van der Waals surface area contributed by atoms with Gasteiger partial charge in [0, 0.05) is 10.7 Å². The fourth-order valence-electron chi connectivity index (χ4n) is 2.05. The lowest BCUT2D eigenvalue weighted by Crippen LogP contribution is -2.10. The second kappa shape index (κ2) is 9.13. The van der Waals surface area contributed by atoms with Gasteiger partial charge in [-0.15, -0.1) is 0 Å². The monoisotopic (exact) mass is 455 g/mol. The fraction of sp³-hybridized carbons (Fsp3) is 0.353. The highest BCUT2D eigenvalue weighted by atomic mass is 79.9. The third-order valence-electron chi connectivity index (χ3n) is 3.25.